The molecule has 6 nitrogen and oxygen atoms in total. The van der Waals surface area contributed by atoms with Crippen LogP contribution in [0.1, 0.15) is 19.3 Å². The molecular formula is C13H18N4O2S2. The van der Waals surface area contributed by atoms with E-state index in [1.165, 1.54) is 0 Å². The van der Waals surface area contributed by atoms with Gasteiger partial charge in [0.2, 0.25) is 10.0 Å². The zero-order chi connectivity index (χ0) is 14.9. The quantitative estimate of drug-likeness (QED) is 0.918. The molecule has 0 saturated carbocycles. The fourth-order valence-corrected chi connectivity index (χ4v) is 5.02. The van der Waals surface area contributed by atoms with Crippen LogP contribution in [0, 0.1) is 5.92 Å². The lowest BCUT2D eigenvalue weighted by atomic mass is 9.95. The smallest absolute Gasteiger partial charge is 0.245 e. The fourth-order valence-electron chi connectivity index (χ4n) is 2.80. The Labute approximate surface area is 128 Å². The monoisotopic (exact) mass is 326 g/mol. The Bertz CT molecular complexity index is 721. The zero-order valence-electron chi connectivity index (χ0n) is 11.6. The molecule has 1 aromatic heterocycles. The lowest BCUT2D eigenvalue weighted by Crippen LogP contribution is -2.38. The van der Waals surface area contributed by atoms with Crippen molar-refractivity contribution in [1.82, 2.24) is 13.1 Å². The summed E-state index contributed by atoms with van der Waals surface area (Å²) in [6.45, 7) is 1.78. The van der Waals surface area contributed by atoms with Crippen molar-refractivity contribution < 1.29 is 8.42 Å². The van der Waals surface area contributed by atoms with Gasteiger partial charge in [-0.25, -0.2) is 8.42 Å². The van der Waals surface area contributed by atoms with E-state index in [9.17, 15) is 8.42 Å². The van der Waals surface area contributed by atoms with Crippen LogP contribution in [0.4, 0.5) is 0 Å². The molecule has 114 valence electrons. The highest BCUT2D eigenvalue weighted by Gasteiger charge is 2.31. The third-order valence-electron chi connectivity index (χ3n) is 4.02. The maximum absolute atomic E-state index is 12.8. The molecule has 1 aliphatic heterocycles. The Morgan fingerprint density at radius 1 is 1.29 bits per heavy atom. The maximum Gasteiger partial charge on any atom is 0.245 e. The number of hydrogen-bond acceptors (Lipinski definition) is 6. The summed E-state index contributed by atoms with van der Waals surface area (Å²) in [5.74, 6) is 0.540. The van der Waals surface area contributed by atoms with E-state index in [-0.39, 0.29) is 4.90 Å². The molecule has 1 fully saturated rings. The van der Waals surface area contributed by atoms with Crippen LogP contribution in [-0.4, -0.2) is 41.1 Å². The van der Waals surface area contributed by atoms with Gasteiger partial charge in [-0.05, 0) is 43.9 Å². The molecule has 0 radical (unpaired) electrons. The molecule has 21 heavy (non-hydrogen) atoms. The predicted octanol–water partition coefficient (Wildman–Crippen LogP) is 1.44. The molecule has 1 aromatic carbocycles. The normalized spacial score (nSPS) is 18.3. The van der Waals surface area contributed by atoms with E-state index < -0.39 is 10.0 Å². The van der Waals surface area contributed by atoms with Crippen LogP contribution < -0.4 is 5.73 Å². The van der Waals surface area contributed by atoms with Crippen LogP contribution >= 0.6 is 11.7 Å². The molecule has 0 bridgehead atoms. The van der Waals surface area contributed by atoms with Gasteiger partial charge in [0.15, 0.2) is 0 Å². The Hall–Kier alpha value is -1.09. The predicted molar refractivity (Wildman–Crippen MR) is 82.6 cm³/mol. The van der Waals surface area contributed by atoms with Crippen LogP contribution in [-0.2, 0) is 10.0 Å². The van der Waals surface area contributed by atoms with Crippen molar-refractivity contribution in [3.63, 3.8) is 0 Å². The van der Waals surface area contributed by atoms with E-state index in [1.54, 1.807) is 22.5 Å². The Morgan fingerprint density at radius 3 is 2.76 bits per heavy atom. The van der Waals surface area contributed by atoms with Gasteiger partial charge in [-0.3, -0.25) is 0 Å². The molecule has 0 unspecified atom stereocenters. The first-order valence-corrected chi connectivity index (χ1v) is 9.21. The van der Waals surface area contributed by atoms with Gasteiger partial charge in [0.1, 0.15) is 15.9 Å². The third kappa shape index (κ3) is 2.80. The van der Waals surface area contributed by atoms with Crippen LogP contribution in [0.5, 0.6) is 0 Å². The van der Waals surface area contributed by atoms with Crippen molar-refractivity contribution in [1.29, 1.82) is 0 Å². The van der Waals surface area contributed by atoms with Gasteiger partial charge in [0, 0.05) is 13.1 Å². The number of fused-ring (bicyclic) bond motifs is 1. The SMILES string of the molecule is NCCC1CCN(S(=O)(=O)c2cccc3nsnc23)CC1. The minimum absolute atomic E-state index is 0.269. The van der Waals surface area contributed by atoms with E-state index in [1.807, 2.05) is 0 Å². The number of aromatic nitrogens is 2. The van der Waals surface area contributed by atoms with Gasteiger partial charge in [-0.2, -0.15) is 13.1 Å². The highest BCUT2D eigenvalue weighted by Crippen LogP contribution is 2.28. The van der Waals surface area contributed by atoms with E-state index in [0.717, 1.165) is 31.0 Å². The molecule has 1 saturated heterocycles. The van der Waals surface area contributed by atoms with Crippen LogP contribution in [0.2, 0.25) is 0 Å². The summed E-state index contributed by atoms with van der Waals surface area (Å²) in [6.07, 6.45) is 2.73. The molecule has 0 atom stereocenters. The molecule has 2 N–H and O–H groups in total. The van der Waals surface area contributed by atoms with Crippen molar-refractivity contribution in [2.45, 2.75) is 24.2 Å². The molecule has 2 aromatic rings. The summed E-state index contributed by atoms with van der Waals surface area (Å²) in [7, 11) is -3.49. The van der Waals surface area contributed by atoms with Crippen molar-refractivity contribution >= 4 is 32.8 Å². The number of benzene rings is 1. The lowest BCUT2D eigenvalue weighted by Gasteiger charge is -2.31. The molecule has 0 amide bonds. The molecule has 8 heteroatoms. The molecule has 1 aliphatic rings. The first-order chi connectivity index (χ1) is 10.1. The summed E-state index contributed by atoms with van der Waals surface area (Å²) in [4.78, 5) is 0.269. The minimum atomic E-state index is -3.49. The number of hydrogen-bond donors (Lipinski definition) is 1. The Balaban J connectivity index is 1.86. The second-order valence-corrected chi connectivity index (χ2v) is 7.75. The highest BCUT2D eigenvalue weighted by atomic mass is 32.2. The molecule has 0 aliphatic carbocycles. The van der Waals surface area contributed by atoms with E-state index in [0.29, 0.717) is 36.6 Å². The summed E-state index contributed by atoms with van der Waals surface area (Å²) in [5.41, 5.74) is 6.69. The van der Waals surface area contributed by atoms with Crippen molar-refractivity contribution in [2.75, 3.05) is 19.6 Å². The van der Waals surface area contributed by atoms with Crippen LogP contribution in [0.25, 0.3) is 11.0 Å². The summed E-state index contributed by atoms with van der Waals surface area (Å²) in [5, 5.41) is 0. The van der Waals surface area contributed by atoms with E-state index in [2.05, 4.69) is 8.75 Å². The number of sulfonamides is 1. The summed E-state index contributed by atoms with van der Waals surface area (Å²) in [6, 6.07) is 5.12. The minimum Gasteiger partial charge on any atom is -0.330 e. The molecule has 3 rings (SSSR count). The topological polar surface area (TPSA) is 89.2 Å². The number of nitrogens with two attached hydrogens (primary N) is 1. The number of piperidine rings is 1. The van der Waals surface area contributed by atoms with Gasteiger partial charge in [-0.1, -0.05) is 6.07 Å². The third-order valence-corrected chi connectivity index (χ3v) is 6.49. The Morgan fingerprint density at radius 2 is 2.05 bits per heavy atom. The lowest BCUT2D eigenvalue weighted by molar-refractivity contribution is 0.266. The largest absolute Gasteiger partial charge is 0.330 e. The average Bonchev–Trinajstić information content (AvgIpc) is 2.96. The summed E-state index contributed by atoms with van der Waals surface area (Å²) >= 11 is 1.04. The second-order valence-electron chi connectivity index (χ2n) is 5.31. The van der Waals surface area contributed by atoms with E-state index in [4.69, 9.17) is 5.73 Å². The molecule has 2 heterocycles. The molecular weight excluding hydrogens is 308 g/mol. The molecule has 0 spiro atoms. The number of rotatable bonds is 4. The van der Waals surface area contributed by atoms with Crippen molar-refractivity contribution in [2.24, 2.45) is 11.7 Å². The van der Waals surface area contributed by atoms with Gasteiger partial charge in [0.05, 0.1) is 11.7 Å². The van der Waals surface area contributed by atoms with Gasteiger partial charge in [-0.15, -0.1) is 0 Å². The van der Waals surface area contributed by atoms with Crippen LogP contribution in [0.15, 0.2) is 23.1 Å². The Kier molecular flexibility index (Phi) is 4.21. The zero-order valence-corrected chi connectivity index (χ0v) is 13.2. The van der Waals surface area contributed by atoms with E-state index >= 15 is 0 Å². The first kappa shape index (κ1) is 14.8. The summed E-state index contributed by atoms with van der Waals surface area (Å²) < 4.78 is 35.4. The van der Waals surface area contributed by atoms with Gasteiger partial charge in [0.25, 0.3) is 0 Å². The second kappa shape index (κ2) is 5.96. The average molecular weight is 326 g/mol. The maximum atomic E-state index is 12.8. The van der Waals surface area contributed by atoms with Crippen molar-refractivity contribution in [3.8, 4) is 0 Å². The fraction of sp³-hybridized carbons (Fsp3) is 0.538. The van der Waals surface area contributed by atoms with Gasteiger partial charge < -0.3 is 5.73 Å². The first-order valence-electron chi connectivity index (χ1n) is 7.04. The highest BCUT2D eigenvalue weighted by molar-refractivity contribution is 7.89. The standard InChI is InChI=1S/C13H18N4O2S2/c14-7-4-10-5-8-17(9-6-10)21(18,19)12-3-1-2-11-13(12)16-20-15-11/h1-3,10H,4-9,14H2. The van der Waals surface area contributed by atoms with Crippen LogP contribution in [0.3, 0.4) is 0 Å². The van der Waals surface area contributed by atoms with Crippen molar-refractivity contribution in [3.05, 3.63) is 18.2 Å². The number of nitrogens with zero attached hydrogens (tertiary/aromatic N) is 3. The van der Waals surface area contributed by atoms with Gasteiger partial charge >= 0.3 is 0 Å².